The average Bonchev–Trinajstić information content (AvgIpc) is 2.79. The van der Waals surface area contributed by atoms with Gasteiger partial charge in [-0.1, -0.05) is 29.8 Å². The minimum atomic E-state index is -0.149. The van der Waals surface area contributed by atoms with Gasteiger partial charge in [-0.3, -0.25) is 14.5 Å². The molecule has 1 aromatic carbocycles. The van der Waals surface area contributed by atoms with Gasteiger partial charge in [-0.25, -0.2) is 0 Å². The predicted octanol–water partition coefficient (Wildman–Crippen LogP) is 3.20. The summed E-state index contributed by atoms with van der Waals surface area (Å²) in [4.78, 5) is 18.5. The van der Waals surface area contributed by atoms with Crippen molar-refractivity contribution in [2.75, 3.05) is 7.05 Å². The summed E-state index contributed by atoms with van der Waals surface area (Å²) in [5, 5.41) is 6.76. The highest BCUT2D eigenvalue weighted by molar-refractivity contribution is 6.34. The number of fused-ring (bicyclic) bond motifs is 1. The van der Waals surface area contributed by atoms with Crippen molar-refractivity contribution in [2.45, 2.75) is 13.5 Å². The van der Waals surface area contributed by atoms with E-state index in [1.165, 1.54) is 4.68 Å². The van der Waals surface area contributed by atoms with Gasteiger partial charge in [0.15, 0.2) is 0 Å². The van der Waals surface area contributed by atoms with E-state index in [1.807, 2.05) is 30.5 Å². The normalized spacial score (nSPS) is 11.0. The maximum Gasteiger partial charge on any atom is 0.273 e. The zero-order valence-corrected chi connectivity index (χ0v) is 14.0. The van der Waals surface area contributed by atoms with Gasteiger partial charge in [0.2, 0.25) is 0 Å². The lowest BCUT2D eigenvalue weighted by Crippen LogP contribution is -2.28. The Kier molecular flexibility index (Phi) is 4.05. The molecule has 0 bridgehead atoms. The van der Waals surface area contributed by atoms with Gasteiger partial charge in [0.25, 0.3) is 5.91 Å². The number of hydrogen-bond acceptors (Lipinski definition) is 3. The van der Waals surface area contributed by atoms with Crippen molar-refractivity contribution in [3.8, 4) is 0 Å². The van der Waals surface area contributed by atoms with Gasteiger partial charge in [-0.05, 0) is 23.9 Å². The molecule has 5 nitrogen and oxygen atoms in total. The first-order chi connectivity index (χ1) is 11.0. The molecule has 0 aliphatic rings. The Morgan fingerprint density at radius 1 is 1.35 bits per heavy atom. The number of benzene rings is 1. The van der Waals surface area contributed by atoms with Crippen LogP contribution >= 0.6 is 11.6 Å². The van der Waals surface area contributed by atoms with Crippen molar-refractivity contribution in [1.29, 1.82) is 0 Å². The second-order valence-electron chi connectivity index (χ2n) is 5.55. The smallest absolute Gasteiger partial charge is 0.273 e. The first-order valence-corrected chi connectivity index (χ1v) is 7.63. The number of carbonyl (C=O) groups excluding carboxylic acids is 1. The first-order valence-electron chi connectivity index (χ1n) is 7.25. The van der Waals surface area contributed by atoms with Gasteiger partial charge >= 0.3 is 0 Å². The summed E-state index contributed by atoms with van der Waals surface area (Å²) in [5.41, 5.74) is 2.13. The van der Waals surface area contributed by atoms with Crippen LogP contribution in [0.2, 0.25) is 5.02 Å². The highest BCUT2D eigenvalue weighted by atomic mass is 35.5. The third-order valence-electron chi connectivity index (χ3n) is 3.88. The average molecular weight is 329 g/mol. The standard InChI is InChI=1S/C17H17ClN4O/c1-11-15(18)16(22(3)20-11)17(23)21(2)10-13-6-4-5-12-9-19-8-7-14(12)13/h4-9H,10H2,1-3H3. The fourth-order valence-corrected chi connectivity index (χ4v) is 2.94. The molecule has 0 aliphatic heterocycles. The molecule has 0 fully saturated rings. The molecule has 0 atom stereocenters. The largest absolute Gasteiger partial charge is 0.336 e. The third kappa shape index (κ3) is 2.80. The minimum Gasteiger partial charge on any atom is -0.336 e. The highest BCUT2D eigenvalue weighted by Crippen LogP contribution is 2.23. The molecule has 0 saturated heterocycles. The summed E-state index contributed by atoms with van der Waals surface area (Å²) in [6.07, 6.45) is 3.58. The molecule has 0 N–H and O–H groups in total. The van der Waals surface area contributed by atoms with Crippen LogP contribution in [0.5, 0.6) is 0 Å². The molecule has 3 aromatic rings. The zero-order valence-electron chi connectivity index (χ0n) is 13.2. The van der Waals surface area contributed by atoms with Crippen molar-refractivity contribution in [3.63, 3.8) is 0 Å². The Hall–Kier alpha value is -2.40. The van der Waals surface area contributed by atoms with Crippen LogP contribution in [-0.4, -0.2) is 32.6 Å². The molecule has 0 radical (unpaired) electrons. The van der Waals surface area contributed by atoms with Crippen LogP contribution in [0.4, 0.5) is 0 Å². The third-order valence-corrected chi connectivity index (χ3v) is 4.33. The number of aryl methyl sites for hydroxylation is 2. The topological polar surface area (TPSA) is 51.0 Å². The van der Waals surface area contributed by atoms with Crippen molar-refractivity contribution >= 4 is 28.3 Å². The van der Waals surface area contributed by atoms with Gasteiger partial charge in [-0.2, -0.15) is 5.10 Å². The maximum absolute atomic E-state index is 12.7. The van der Waals surface area contributed by atoms with Gasteiger partial charge in [0.05, 0.1) is 10.7 Å². The molecule has 2 aromatic heterocycles. The van der Waals surface area contributed by atoms with Crippen LogP contribution < -0.4 is 0 Å². The van der Waals surface area contributed by atoms with Crippen LogP contribution in [-0.2, 0) is 13.6 Å². The zero-order chi connectivity index (χ0) is 16.6. The number of hydrogen-bond donors (Lipinski definition) is 0. The molecule has 1 amide bonds. The van der Waals surface area contributed by atoms with Crippen LogP contribution in [0.1, 0.15) is 21.7 Å². The number of aromatic nitrogens is 3. The van der Waals surface area contributed by atoms with Crippen LogP contribution in [0.25, 0.3) is 10.8 Å². The van der Waals surface area contributed by atoms with Crippen molar-refractivity contribution < 1.29 is 4.79 Å². The molecule has 0 saturated carbocycles. The molecule has 3 rings (SSSR count). The molecule has 0 spiro atoms. The van der Waals surface area contributed by atoms with E-state index in [4.69, 9.17) is 11.6 Å². The minimum absolute atomic E-state index is 0.149. The molecule has 23 heavy (non-hydrogen) atoms. The van der Waals surface area contributed by atoms with E-state index in [2.05, 4.69) is 10.1 Å². The summed E-state index contributed by atoms with van der Waals surface area (Å²) in [6, 6.07) is 7.96. The second-order valence-corrected chi connectivity index (χ2v) is 5.92. The summed E-state index contributed by atoms with van der Waals surface area (Å²) in [5.74, 6) is -0.149. The lowest BCUT2D eigenvalue weighted by Gasteiger charge is -2.18. The van der Waals surface area contributed by atoms with Crippen LogP contribution in [0, 0.1) is 6.92 Å². The molecular formula is C17H17ClN4O. The van der Waals surface area contributed by atoms with E-state index in [9.17, 15) is 4.79 Å². The summed E-state index contributed by atoms with van der Waals surface area (Å²) in [6.45, 7) is 2.28. The second kappa shape index (κ2) is 6.01. The summed E-state index contributed by atoms with van der Waals surface area (Å²) in [7, 11) is 3.49. The van der Waals surface area contributed by atoms with E-state index in [-0.39, 0.29) is 5.91 Å². The number of halogens is 1. The van der Waals surface area contributed by atoms with Crippen molar-refractivity contribution in [1.82, 2.24) is 19.7 Å². The van der Waals surface area contributed by atoms with Gasteiger partial charge in [-0.15, -0.1) is 0 Å². The lowest BCUT2D eigenvalue weighted by atomic mass is 10.1. The predicted molar refractivity (Wildman–Crippen MR) is 90.5 cm³/mol. The Balaban J connectivity index is 1.91. The fraction of sp³-hybridized carbons (Fsp3) is 0.235. The number of carbonyl (C=O) groups is 1. The quantitative estimate of drug-likeness (QED) is 0.742. The molecule has 6 heteroatoms. The monoisotopic (exact) mass is 328 g/mol. The van der Waals surface area contributed by atoms with Gasteiger partial charge in [0.1, 0.15) is 5.69 Å². The molecule has 2 heterocycles. The van der Waals surface area contributed by atoms with Gasteiger partial charge < -0.3 is 4.90 Å². The fourth-order valence-electron chi connectivity index (χ4n) is 2.70. The summed E-state index contributed by atoms with van der Waals surface area (Å²) < 4.78 is 1.53. The van der Waals surface area contributed by atoms with E-state index < -0.39 is 0 Å². The first kappa shape index (κ1) is 15.5. The maximum atomic E-state index is 12.7. The highest BCUT2D eigenvalue weighted by Gasteiger charge is 2.22. The molecule has 0 unspecified atom stereocenters. The van der Waals surface area contributed by atoms with Crippen LogP contribution in [0.15, 0.2) is 36.7 Å². The van der Waals surface area contributed by atoms with Crippen LogP contribution in [0.3, 0.4) is 0 Å². The van der Waals surface area contributed by atoms with Gasteiger partial charge in [0, 0.05) is 38.4 Å². The van der Waals surface area contributed by atoms with E-state index >= 15 is 0 Å². The number of rotatable bonds is 3. The number of nitrogens with zero attached hydrogens (tertiary/aromatic N) is 4. The SMILES string of the molecule is Cc1nn(C)c(C(=O)N(C)Cc2cccc3cnccc23)c1Cl. The lowest BCUT2D eigenvalue weighted by molar-refractivity contribution is 0.0775. The summed E-state index contributed by atoms with van der Waals surface area (Å²) >= 11 is 6.21. The Bertz CT molecular complexity index is 882. The Morgan fingerprint density at radius 2 is 2.13 bits per heavy atom. The Morgan fingerprint density at radius 3 is 2.83 bits per heavy atom. The molecular weight excluding hydrogens is 312 g/mol. The number of pyridine rings is 1. The molecule has 118 valence electrons. The van der Waals surface area contributed by atoms with E-state index in [1.54, 1.807) is 32.1 Å². The Labute approximate surface area is 139 Å². The van der Waals surface area contributed by atoms with E-state index in [0.29, 0.717) is 23.0 Å². The van der Waals surface area contributed by atoms with Crippen molar-refractivity contribution in [2.24, 2.45) is 7.05 Å². The number of amides is 1. The molecule has 0 aliphatic carbocycles. The van der Waals surface area contributed by atoms with Crippen molar-refractivity contribution in [3.05, 3.63) is 58.6 Å². The van der Waals surface area contributed by atoms with E-state index in [0.717, 1.165) is 16.3 Å².